The second-order valence-electron chi connectivity index (χ2n) is 1.84. The minimum atomic E-state index is 0.412. The Morgan fingerprint density at radius 1 is 1.50 bits per heavy atom. The van der Waals surface area contributed by atoms with Gasteiger partial charge < -0.3 is 0 Å². The van der Waals surface area contributed by atoms with Crippen LogP contribution in [0, 0.1) is 0 Å². The molecule has 2 rings (SSSR count). The van der Waals surface area contributed by atoms with Crippen LogP contribution >= 0.6 is 11.6 Å². The van der Waals surface area contributed by atoms with Crippen LogP contribution in [0.15, 0.2) is 17.3 Å². The van der Waals surface area contributed by atoms with Crippen LogP contribution in [0.4, 0.5) is 0 Å². The zero-order chi connectivity index (χ0) is 6.97. The van der Waals surface area contributed by atoms with Crippen LogP contribution in [0.5, 0.6) is 0 Å². The summed E-state index contributed by atoms with van der Waals surface area (Å²) in [4.78, 5) is 7.76. The van der Waals surface area contributed by atoms with E-state index in [9.17, 15) is 0 Å². The highest BCUT2D eigenvalue weighted by Gasteiger charge is 2.07. The lowest BCUT2D eigenvalue weighted by molar-refractivity contribution is 1.20. The molecule has 0 N–H and O–H groups in total. The molecule has 0 saturated heterocycles. The van der Waals surface area contributed by atoms with E-state index in [0.717, 1.165) is 5.36 Å². The lowest BCUT2D eigenvalue weighted by atomic mass is 10.4. The zero-order valence-electron chi connectivity index (χ0n) is 4.95. The highest BCUT2D eigenvalue weighted by Crippen LogP contribution is 1.89. The number of rotatable bonds is 0. The number of fused-ring (bicyclic) bond motifs is 1. The van der Waals surface area contributed by atoms with E-state index in [1.165, 1.54) is 6.34 Å². The molecule has 0 bridgehead atoms. The van der Waals surface area contributed by atoms with E-state index < -0.39 is 0 Å². The molecule has 1 aromatic heterocycles. The van der Waals surface area contributed by atoms with Crippen molar-refractivity contribution in [3.05, 3.63) is 28.1 Å². The van der Waals surface area contributed by atoms with Gasteiger partial charge in [0.05, 0.1) is 0 Å². The molecule has 0 radical (unpaired) electrons. The Hall–Kier alpha value is -1.18. The van der Waals surface area contributed by atoms with Crippen LogP contribution in [0.2, 0.25) is 5.15 Å². The first-order valence-electron chi connectivity index (χ1n) is 2.76. The fourth-order valence-electron chi connectivity index (χ4n) is 0.791. The van der Waals surface area contributed by atoms with Crippen molar-refractivity contribution >= 4 is 17.9 Å². The van der Waals surface area contributed by atoms with Crippen molar-refractivity contribution in [2.24, 2.45) is 4.99 Å². The first-order valence-corrected chi connectivity index (χ1v) is 3.13. The van der Waals surface area contributed by atoms with Crippen LogP contribution < -0.4 is 15.4 Å². The van der Waals surface area contributed by atoms with Gasteiger partial charge in [0.25, 0.3) is 10.7 Å². The van der Waals surface area contributed by atoms with Gasteiger partial charge in [-0.25, -0.2) is 9.65 Å². The van der Waals surface area contributed by atoms with E-state index in [1.54, 1.807) is 12.3 Å². The van der Waals surface area contributed by atoms with E-state index in [0.29, 0.717) is 10.5 Å². The molecule has 10 heavy (non-hydrogen) atoms. The second kappa shape index (κ2) is 1.90. The van der Waals surface area contributed by atoms with Crippen LogP contribution in [-0.4, -0.2) is 11.3 Å². The van der Waals surface area contributed by atoms with Gasteiger partial charge in [-0.15, -0.1) is 0 Å². The lowest BCUT2D eigenvalue weighted by Crippen LogP contribution is -2.25. The maximum absolute atomic E-state index is 5.68. The summed E-state index contributed by atoms with van der Waals surface area (Å²) in [5.74, 6) is 0. The molecule has 1 aliphatic heterocycles. The molecule has 4 heteroatoms. The van der Waals surface area contributed by atoms with Gasteiger partial charge in [-0.1, -0.05) is 11.6 Å². The van der Waals surface area contributed by atoms with Gasteiger partial charge in [0.1, 0.15) is 0 Å². The summed E-state index contributed by atoms with van der Waals surface area (Å²) in [6, 6.07) is 1.77. The highest BCUT2D eigenvalue weighted by atomic mass is 35.5. The Bertz CT molecular complexity index is 417. The van der Waals surface area contributed by atoms with E-state index in [2.05, 4.69) is 14.6 Å². The summed E-state index contributed by atoms with van der Waals surface area (Å²) in [6.07, 6.45) is 3.08. The number of nitrogens with zero attached hydrogens (tertiary/aromatic N) is 3. The lowest BCUT2D eigenvalue weighted by Gasteiger charge is -1.77. The Kier molecular flexibility index (Phi) is 1.07. The van der Waals surface area contributed by atoms with Gasteiger partial charge in [0.15, 0.2) is 5.15 Å². The number of hydrogen-bond donors (Lipinski definition) is 0. The molecular formula is C6H3ClN3+. The maximum atomic E-state index is 5.68. The normalized spacial score (nSPS) is 12.1. The summed E-state index contributed by atoms with van der Waals surface area (Å²) >= 11 is 5.68. The molecule has 0 spiro atoms. The topological polar surface area (TPSA) is 39.4 Å². The van der Waals surface area contributed by atoms with Gasteiger partial charge in [-0.3, -0.25) is 0 Å². The van der Waals surface area contributed by atoms with Crippen molar-refractivity contribution in [2.45, 2.75) is 0 Å². The number of aromatic nitrogens is 1. The van der Waals surface area contributed by atoms with E-state index in [1.807, 2.05) is 0 Å². The third-order valence-corrected chi connectivity index (χ3v) is 1.52. The van der Waals surface area contributed by atoms with Gasteiger partial charge in [0, 0.05) is 12.3 Å². The predicted molar refractivity (Wildman–Crippen MR) is 37.3 cm³/mol. The Morgan fingerprint density at radius 2 is 2.40 bits per heavy atom. The number of pyridine rings is 1. The molecule has 0 aromatic carbocycles. The van der Waals surface area contributed by atoms with E-state index >= 15 is 0 Å². The van der Waals surface area contributed by atoms with Crippen molar-refractivity contribution < 1.29 is 0 Å². The van der Waals surface area contributed by atoms with Crippen molar-refractivity contribution in [1.29, 1.82) is 0 Å². The molecule has 2 heterocycles. The third-order valence-electron chi connectivity index (χ3n) is 1.24. The highest BCUT2D eigenvalue weighted by molar-refractivity contribution is 6.29. The average molecular weight is 153 g/mol. The molecular weight excluding hydrogens is 150 g/mol. The Labute approximate surface area is 61.4 Å². The van der Waals surface area contributed by atoms with Gasteiger partial charge >= 0.3 is 6.34 Å². The Balaban J connectivity index is 3.05. The van der Waals surface area contributed by atoms with Gasteiger partial charge in [-0.2, -0.15) is 0 Å². The molecule has 0 aliphatic carbocycles. The minimum Gasteiger partial charge on any atom is -0.240 e. The summed E-state index contributed by atoms with van der Waals surface area (Å²) < 4.78 is 3.94. The van der Waals surface area contributed by atoms with Gasteiger partial charge in [-0.05, 0) is 4.99 Å². The van der Waals surface area contributed by atoms with E-state index in [4.69, 9.17) is 11.6 Å². The molecule has 0 saturated carbocycles. The molecule has 1 aliphatic rings. The smallest absolute Gasteiger partial charge is 0.240 e. The summed E-state index contributed by atoms with van der Waals surface area (Å²) in [5.41, 5.74) is 0. The van der Waals surface area contributed by atoms with Crippen molar-refractivity contribution in [1.82, 2.24) is 9.65 Å². The van der Waals surface area contributed by atoms with Crippen molar-refractivity contribution in [3.63, 3.8) is 0 Å². The van der Waals surface area contributed by atoms with E-state index in [-0.39, 0.29) is 0 Å². The first-order chi connectivity index (χ1) is 4.88. The number of halogens is 1. The van der Waals surface area contributed by atoms with Crippen LogP contribution in [0.3, 0.4) is 0 Å². The molecule has 0 atom stereocenters. The van der Waals surface area contributed by atoms with Crippen molar-refractivity contribution in [3.8, 4) is 0 Å². The van der Waals surface area contributed by atoms with Gasteiger partial charge in [0.2, 0.25) is 0 Å². The summed E-state index contributed by atoms with van der Waals surface area (Å²) in [5, 5.41) is 1.87. The standard InChI is InChI=1S/C6H3ClN3/c7-6-5-4(1-2-8-6)9-3-10-5/h1-3H/q+1. The Morgan fingerprint density at radius 3 is 3.20 bits per heavy atom. The summed E-state index contributed by atoms with van der Waals surface area (Å²) in [7, 11) is 0. The molecule has 0 fully saturated rings. The quantitative estimate of drug-likeness (QED) is 0.350. The largest absolute Gasteiger partial charge is 0.379 e. The molecule has 3 nitrogen and oxygen atoms in total. The SMILES string of the molecule is Clc1nccc2c1=NC=[N+]=2. The predicted octanol–water partition coefficient (Wildman–Crippen LogP) is -0.917. The monoisotopic (exact) mass is 152 g/mol. The molecule has 0 unspecified atom stereocenters. The van der Waals surface area contributed by atoms with Crippen LogP contribution in [0.25, 0.3) is 0 Å². The zero-order valence-corrected chi connectivity index (χ0v) is 5.71. The average Bonchev–Trinajstić information content (AvgIpc) is 2.36. The third kappa shape index (κ3) is 0.652. The fraction of sp³-hybridized carbons (Fsp3) is 0. The molecule has 0 amide bonds. The summed E-state index contributed by atoms with van der Waals surface area (Å²) in [6.45, 7) is 0. The van der Waals surface area contributed by atoms with Crippen LogP contribution in [0.1, 0.15) is 0 Å². The fourth-order valence-corrected chi connectivity index (χ4v) is 0.993. The van der Waals surface area contributed by atoms with Crippen LogP contribution in [-0.2, 0) is 0 Å². The van der Waals surface area contributed by atoms with Crippen molar-refractivity contribution in [2.75, 3.05) is 0 Å². The maximum Gasteiger partial charge on any atom is 0.379 e. The molecule has 48 valence electrons. The number of hydrogen-bond acceptors (Lipinski definition) is 2. The molecule has 1 aromatic rings. The first kappa shape index (κ1) is 5.59. The minimum absolute atomic E-state index is 0.412. The second-order valence-corrected chi connectivity index (χ2v) is 2.20.